The highest BCUT2D eigenvalue weighted by atomic mass is 35.5. The molecule has 1 rings (SSSR count). The van der Waals surface area contributed by atoms with Crippen molar-refractivity contribution in [2.75, 3.05) is 12.4 Å². The molecule has 0 aliphatic rings. The lowest BCUT2D eigenvalue weighted by molar-refractivity contribution is -0.260. The fraction of sp³-hybridized carbons (Fsp3) is 0.333. The van der Waals surface area contributed by atoms with Crippen molar-refractivity contribution in [3.63, 3.8) is 0 Å². The zero-order chi connectivity index (χ0) is 18.0. The molecular weight excluding hydrogens is 385 g/mol. The number of halogens is 6. The van der Waals surface area contributed by atoms with Crippen LogP contribution in [0.5, 0.6) is 0 Å². The van der Waals surface area contributed by atoms with Crippen LogP contribution in [0.15, 0.2) is 18.2 Å². The van der Waals surface area contributed by atoms with E-state index >= 15 is 0 Å². The van der Waals surface area contributed by atoms with Crippen molar-refractivity contribution in [1.29, 1.82) is 0 Å². The third-order valence-electron chi connectivity index (χ3n) is 2.71. The fourth-order valence-electron chi connectivity index (χ4n) is 1.50. The molecule has 23 heavy (non-hydrogen) atoms. The minimum absolute atomic E-state index is 0.0415. The molecule has 1 aromatic carbocycles. The highest BCUT2D eigenvalue weighted by Crippen LogP contribution is 2.37. The maximum absolute atomic E-state index is 13.0. The second-order valence-corrected chi connectivity index (χ2v) is 5.51. The first-order valence-electron chi connectivity index (χ1n) is 5.72. The molecule has 1 amide bonds. The average molecular weight is 395 g/mol. The highest BCUT2D eigenvalue weighted by molar-refractivity contribution is 6.38. The van der Waals surface area contributed by atoms with E-state index in [1.807, 2.05) is 5.32 Å². The van der Waals surface area contributed by atoms with Gasteiger partial charge in [0.25, 0.3) is 5.60 Å². The Morgan fingerprint density at radius 1 is 1.30 bits per heavy atom. The van der Waals surface area contributed by atoms with Crippen molar-refractivity contribution >= 4 is 52.4 Å². The first-order chi connectivity index (χ1) is 10.4. The summed E-state index contributed by atoms with van der Waals surface area (Å²) in [5.74, 6) is -3.65. The van der Waals surface area contributed by atoms with Crippen LogP contribution in [0.2, 0.25) is 10.0 Å². The van der Waals surface area contributed by atoms with Gasteiger partial charge in [0.15, 0.2) is 5.38 Å². The van der Waals surface area contributed by atoms with Crippen LogP contribution < -0.4 is 5.32 Å². The highest BCUT2D eigenvalue weighted by Gasteiger charge is 2.67. The van der Waals surface area contributed by atoms with Gasteiger partial charge in [-0.3, -0.25) is 4.79 Å². The number of amides is 1. The minimum atomic E-state index is -5.55. The second kappa shape index (κ2) is 7.12. The molecule has 0 aromatic heterocycles. The fourth-order valence-corrected chi connectivity index (χ4v) is 2.10. The molecule has 11 heteroatoms. The molecule has 2 N–H and O–H groups in total. The maximum Gasteiger partial charge on any atom is 0.430 e. The third kappa shape index (κ3) is 4.00. The van der Waals surface area contributed by atoms with Gasteiger partial charge in [-0.1, -0.05) is 23.2 Å². The van der Waals surface area contributed by atoms with Crippen molar-refractivity contribution in [2.24, 2.45) is 0 Å². The van der Waals surface area contributed by atoms with Crippen molar-refractivity contribution in [2.45, 2.75) is 17.2 Å². The molecule has 128 valence electrons. The third-order valence-corrected chi connectivity index (χ3v) is 3.79. The molecule has 0 aliphatic carbocycles. The summed E-state index contributed by atoms with van der Waals surface area (Å²) >= 11 is 16.8. The van der Waals surface area contributed by atoms with Crippen LogP contribution in [-0.2, 0) is 14.3 Å². The lowest BCUT2D eigenvalue weighted by Crippen LogP contribution is -2.62. The predicted octanol–water partition coefficient (Wildman–Crippen LogP) is 3.01. The van der Waals surface area contributed by atoms with Gasteiger partial charge < -0.3 is 15.2 Å². The van der Waals surface area contributed by atoms with Crippen LogP contribution in [-0.4, -0.2) is 41.2 Å². The monoisotopic (exact) mass is 393 g/mol. The first-order valence-corrected chi connectivity index (χ1v) is 6.92. The summed E-state index contributed by atoms with van der Waals surface area (Å²) in [7, 11) is 0.606. The number of carbonyl (C=O) groups excluding carboxylic acids is 2. The molecule has 0 saturated carbocycles. The summed E-state index contributed by atoms with van der Waals surface area (Å²) in [6.07, 6.45) is -5.55. The topological polar surface area (TPSA) is 75.6 Å². The van der Waals surface area contributed by atoms with E-state index in [-0.39, 0.29) is 15.7 Å². The number of hydrogen-bond acceptors (Lipinski definition) is 4. The SMILES string of the molecule is COC(=O)[C@@](O)([C@@H](Cl)C(=O)Nc1cc(Cl)ccc1Cl)C(F)(F)F. The molecule has 0 aliphatic heterocycles. The predicted molar refractivity (Wildman–Crippen MR) is 77.8 cm³/mol. The van der Waals surface area contributed by atoms with Crippen LogP contribution in [0.1, 0.15) is 0 Å². The molecule has 0 radical (unpaired) electrons. The zero-order valence-electron chi connectivity index (χ0n) is 11.2. The number of benzene rings is 1. The van der Waals surface area contributed by atoms with E-state index in [2.05, 4.69) is 4.74 Å². The second-order valence-electron chi connectivity index (χ2n) is 4.23. The van der Waals surface area contributed by atoms with Gasteiger partial charge in [0.2, 0.25) is 5.91 Å². The standard InChI is InChI=1S/C12H9Cl3F3NO4/c1-23-10(21)11(22,12(16,17)18)8(15)9(20)19-7-4-5(13)2-3-6(7)14/h2-4,8,22H,1H3,(H,19,20)/t8-,11-/m0/s1. The van der Waals surface area contributed by atoms with E-state index < -0.39 is 29.0 Å². The van der Waals surface area contributed by atoms with Gasteiger partial charge in [0, 0.05) is 5.02 Å². The average Bonchev–Trinajstić information content (AvgIpc) is 2.47. The number of hydrogen-bond donors (Lipinski definition) is 2. The van der Waals surface area contributed by atoms with E-state index in [0.29, 0.717) is 7.11 Å². The quantitative estimate of drug-likeness (QED) is 0.608. The van der Waals surface area contributed by atoms with Crippen molar-refractivity contribution in [3.8, 4) is 0 Å². The summed E-state index contributed by atoms with van der Waals surface area (Å²) in [5.41, 5.74) is -4.39. The van der Waals surface area contributed by atoms with Crippen LogP contribution in [0, 0.1) is 0 Å². The Balaban J connectivity index is 3.14. The van der Waals surface area contributed by atoms with Crippen molar-refractivity contribution in [3.05, 3.63) is 28.2 Å². The van der Waals surface area contributed by atoms with Crippen LogP contribution in [0.3, 0.4) is 0 Å². The largest absolute Gasteiger partial charge is 0.467 e. The van der Waals surface area contributed by atoms with E-state index in [4.69, 9.17) is 34.8 Å². The van der Waals surface area contributed by atoms with Crippen LogP contribution in [0.4, 0.5) is 18.9 Å². The van der Waals surface area contributed by atoms with Gasteiger partial charge in [-0.25, -0.2) is 4.79 Å². The maximum atomic E-state index is 13.0. The molecule has 2 atom stereocenters. The number of aliphatic hydroxyl groups is 1. The van der Waals surface area contributed by atoms with Crippen molar-refractivity contribution in [1.82, 2.24) is 0 Å². The van der Waals surface area contributed by atoms with Crippen LogP contribution in [0.25, 0.3) is 0 Å². The van der Waals surface area contributed by atoms with Gasteiger partial charge >= 0.3 is 12.1 Å². The Morgan fingerprint density at radius 2 is 1.87 bits per heavy atom. The number of carbonyl (C=O) groups is 2. The Hall–Kier alpha value is -1.22. The van der Waals surface area contributed by atoms with E-state index in [1.54, 1.807) is 0 Å². The number of rotatable bonds is 4. The number of anilines is 1. The lowest BCUT2D eigenvalue weighted by Gasteiger charge is -2.30. The number of alkyl halides is 4. The van der Waals surface area contributed by atoms with E-state index in [1.165, 1.54) is 12.1 Å². The molecular formula is C12H9Cl3F3NO4. The minimum Gasteiger partial charge on any atom is -0.467 e. The molecule has 0 spiro atoms. The number of nitrogens with one attached hydrogen (secondary N) is 1. The summed E-state index contributed by atoms with van der Waals surface area (Å²) in [5, 5.41) is 8.92. The summed E-state index contributed by atoms with van der Waals surface area (Å²) in [6, 6.07) is 3.80. The molecule has 0 unspecified atom stereocenters. The Bertz CT molecular complexity index is 626. The Kier molecular flexibility index (Phi) is 6.14. The lowest BCUT2D eigenvalue weighted by atomic mass is 9.98. The van der Waals surface area contributed by atoms with E-state index in [0.717, 1.165) is 6.07 Å². The van der Waals surface area contributed by atoms with Gasteiger partial charge in [-0.05, 0) is 18.2 Å². The molecule has 0 fully saturated rings. The normalized spacial score (nSPS) is 15.5. The summed E-state index contributed by atoms with van der Waals surface area (Å²) < 4.78 is 42.8. The smallest absolute Gasteiger partial charge is 0.430 e. The molecule has 0 heterocycles. The molecule has 1 aromatic rings. The van der Waals surface area contributed by atoms with E-state index in [9.17, 15) is 27.9 Å². The molecule has 5 nitrogen and oxygen atoms in total. The Labute approximate surface area is 143 Å². The molecule has 0 bridgehead atoms. The summed E-state index contributed by atoms with van der Waals surface area (Å²) in [6.45, 7) is 0. The van der Waals surface area contributed by atoms with Gasteiger partial charge in [-0.15, -0.1) is 11.6 Å². The summed E-state index contributed by atoms with van der Waals surface area (Å²) in [4.78, 5) is 23.2. The number of esters is 1. The van der Waals surface area contributed by atoms with Gasteiger partial charge in [-0.2, -0.15) is 13.2 Å². The van der Waals surface area contributed by atoms with Crippen LogP contribution >= 0.6 is 34.8 Å². The van der Waals surface area contributed by atoms with Gasteiger partial charge in [0.05, 0.1) is 17.8 Å². The zero-order valence-corrected chi connectivity index (χ0v) is 13.5. The number of methoxy groups -OCH3 is 1. The first kappa shape index (κ1) is 19.8. The molecule has 0 saturated heterocycles. The Morgan fingerprint density at radius 3 is 2.35 bits per heavy atom. The van der Waals surface area contributed by atoms with Gasteiger partial charge in [0.1, 0.15) is 0 Å². The van der Waals surface area contributed by atoms with Crippen molar-refractivity contribution < 1.29 is 32.6 Å². The number of ether oxygens (including phenoxy) is 1.